The molecule has 2 amide bonds. The molecule has 14 heteroatoms. The van der Waals surface area contributed by atoms with Crippen LogP contribution in [0.4, 0.5) is 26.3 Å². The monoisotopic (exact) mass is 575 g/mol. The average Bonchev–Trinajstić information content (AvgIpc) is 3.34. The summed E-state index contributed by atoms with van der Waals surface area (Å²) < 4.78 is 86.5. The summed E-state index contributed by atoms with van der Waals surface area (Å²) in [6.45, 7) is 3.75. The van der Waals surface area contributed by atoms with Gasteiger partial charge in [-0.15, -0.1) is 0 Å². The van der Waals surface area contributed by atoms with Crippen LogP contribution in [0, 0.1) is 11.3 Å². The van der Waals surface area contributed by atoms with E-state index in [0.717, 1.165) is 17.0 Å². The Morgan fingerprint density at radius 3 is 2.38 bits per heavy atom. The van der Waals surface area contributed by atoms with Gasteiger partial charge >= 0.3 is 18.3 Å². The fourth-order valence-electron chi connectivity index (χ4n) is 6.44. The number of fused-ring (bicyclic) bond motifs is 1. The number of azide groups is 1. The second kappa shape index (κ2) is 11.1. The molecule has 1 saturated heterocycles. The van der Waals surface area contributed by atoms with Crippen LogP contribution in [0.25, 0.3) is 10.4 Å². The van der Waals surface area contributed by atoms with Crippen LogP contribution < -0.4 is 0 Å². The molecule has 8 nitrogen and oxygen atoms in total. The summed E-state index contributed by atoms with van der Waals surface area (Å²) in [7, 11) is 0. The molecule has 2 unspecified atom stereocenters. The third kappa shape index (κ3) is 5.74. The smallest absolute Gasteiger partial charge is 0.381 e. The minimum absolute atomic E-state index is 0.0131. The zero-order valence-electron chi connectivity index (χ0n) is 22.1. The molecule has 1 aromatic carbocycles. The molecule has 0 N–H and O–H groups in total. The Kier molecular flexibility index (Phi) is 8.33. The summed E-state index contributed by atoms with van der Waals surface area (Å²) in [6.07, 6.45) is -8.84. The highest BCUT2D eigenvalue weighted by molar-refractivity contribution is 5.85. The number of hydrogen-bond acceptors (Lipinski definition) is 4. The molecule has 1 aromatic rings. The Hall–Kier alpha value is -2.99. The van der Waals surface area contributed by atoms with Gasteiger partial charge in [-0.05, 0) is 66.8 Å². The Balaban J connectivity index is 1.66. The van der Waals surface area contributed by atoms with Crippen LogP contribution in [0.5, 0.6) is 0 Å². The van der Waals surface area contributed by atoms with Crippen LogP contribution in [-0.4, -0.2) is 59.6 Å². The van der Waals surface area contributed by atoms with Crippen LogP contribution in [0.15, 0.2) is 23.3 Å². The Morgan fingerprint density at radius 1 is 1.12 bits per heavy atom. The number of rotatable bonds is 5. The molecule has 40 heavy (non-hydrogen) atoms. The van der Waals surface area contributed by atoms with Crippen molar-refractivity contribution in [2.75, 3.05) is 19.8 Å². The van der Waals surface area contributed by atoms with Crippen molar-refractivity contribution in [1.82, 2.24) is 9.80 Å². The topological polar surface area (TPSA) is 98.6 Å². The standard InChI is InChI=1S/C26H31F6N5O3/c1-15(2)24(8-5-19(12-24)37(23(39)26(30,31)32)18-6-9-40-10-7-18)22(38)36-13-16-11-17(25(27,28)29)3-4-20(16)21(14-36)34-35-33/h3-4,11,15,18-19,21H,5-10,12-14H2,1-2H3/t19?,21?,24-/m0/s1. The predicted molar refractivity (Wildman–Crippen MR) is 130 cm³/mol. The summed E-state index contributed by atoms with van der Waals surface area (Å²) >= 11 is 0. The van der Waals surface area contributed by atoms with E-state index in [9.17, 15) is 35.9 Å². The highest BCUT2D eigenvalue weighted by Gasteiger charge is 2.55. The van der Waals surface area contributed by atoms with Gasteiger partial charge in [-0.1, -0.05) is 25.0 Å². The molecule has 1 saturated carbocycles. The normalized spacial score (nSPS) is 25.9. The molecule has 2 fully saturated rings. The summed E-state index contributed by atoms with van der Waals surface area (Å²) in [5.41, 5.74) is 7.60. The molecular formula is C26H31F6N5O3. The molecular weight excluding hydrogens is 544 g/mol. The molecule has 0 spiro atoms. The van der Waals surface area contributed by atoms with Crippen LogP contribution in [0.3, 0.4) is 0 Å². The highest BCUT2D eigenvalue weighted by atomic mass is 19.4. The molecule has 220 valence electrons. The van der Waals surface area contributed by atoms with Crippen molar-refractivity contribution in [1.29, 1.82) is 0 Å². The van der Waals surface area contributed by atoms with Gasteiger partial charge in [0.05, 0.1) is 17.0 Å². The number of carbonyl (C=O) groups is 2. The quantitative estimate of drug-likeness (QED) is 0.182. The average molecular weight is 576 g/mol. The van der Waals surface area contributed by atoms with Crippen LogP contribution in [0.1, 0.15) is 68.7 Å². The second-order valence-corrected chi connectivity index (χ2v) is 11.1. The minimum atomic E-state index is -5.08. The number of benzene rings is 1. The van der Waals surface area contributed by atoms with Gasteiger partial charge < -0.3 is 14.5 Å². The molecule has 2 aliphatic heterocycles. The van der Waals surface area contributed by atoms with E-state index in [0.29, 0.717) is 5.56 Å². The number of hydrogen-bond donors (Lipinski definition) is 0. The summed E-state index contributed by atoms with van der Waals surface area (Å²) in [4.78, 5) is 31.8. The van der Waals surface area contributed by atoms with E-state index in [4.69, 9.17) is 10.3 Å². The molecule has 4 rings (SSSR count). The van der Waals surface area contributed by atoms with Gasteiger partial charge in [0.25, 0.3) is 0 Å². The first-order chi connectivity index (χ1) is 18.7. The minimum Gasteiger partial charge on any atom is -0.381 e. The fourth-order valence-corrected chi connectivity index (χ4v) is 6.44. The lowest BCUT2D eigenvalue weighted by molar-refractivity contribution is -0.192. The maximum absolute atomic E-state index is 14.1. The van der Waals surface area contributed by atoms with Gasteiger partial charge in [0.2, 0.25) is 5.91 Å². The largest absolute Gasteiger partial charge is 0.471 e. The van der Waals surface area contributed by atoms with Crippen LogP contribution >= 0.6 is 0 Å². The maximum atomic E-state index is 14.1. The third-order valence-corrected chi connectivity index (χ3v) is 8.57. The van der Waals surface area contributed by atoms with Gasteiger partial charge in [-0.25, -0.2) is 0 Å². The second-order valence-electron chi connectivity index (χ2n) is 11.1. The van der Waals surface area contributed by atoms with E-state index in [-0.39, 0.29) is 69.9 Å². The lowest BCUT2D eigenvalue weighted by atomic mass is 9.73. The van der Waals surface area contributed by atoms with E-state index in [1.807, 2.05) is 0 Å². The third-order valence-electron chi connectivity index (χ3n) is 8.57. The first-order valence-electron chi connectivity index (χ1n) is 13.2. The molecule has 2 heterocycles. The van der Waals surface area contributed by atoms with Crippen molar-refractivity contribution in [3.63, 3.8) is 0 Å². The number of carbonyl (C=O) groups excluding carboxylic acids is 2. The molecule has 0 radical (unpaired) electrons. The van der Waals surface area contributed by atoms with E-state index >= 15 is 0 Å². The number of halogens is 6. The Labute approximate surface area is 227 Å². The first kappa shape index (κ1) is 30.0. The van der Waals surface area contributed by atoms with E-state index in [2.05, 4.69) is 10.0 Å². The molecule has 0 aromatic heterocycles. The first-order valence-corrected chi connectivity index (χ1v) is 13.2. The molecule has 3 aliphatic rings. The van der Waals surface area contributed by atoms with Gasteiger partial charge in [0.1, 0.15) is 0 Å². The van der Waals surface area contributed by atoms with E-state index < -0.39 is 53.3 Å². The van der Waals surface area contributed by atoms with Crippen molar-refractivity contribution in [3.05, 3.63) is 45.3 Å². The highest BCUT2D eigenvalue weighted by Crippen LogP contribution is 2.50. The molecule has 3 atom stereocenters. The number of nitrogens with zero attached hydrogens (tertiary/aromatic N) is 5. The van der Waals surface area contributed by atoms with Gasteiger partial charge in [-0.3, -0.25) is 9.59 Å². The fraction of sp³-hybridized carbons (Fsp3) is 0.692. The Bertz CT molecular complexity index is 1180. The SMILES string of the molecule is CC(C)[C@]1(C(=O)N2Cc3cc(C(F)(F)F)ccc3C(N=[N+]=[N-])C2)CCC(N(C(=O)C(F)(F)F)C2CCOCC2)C1. The van der Waals surface area contributed by atoms with Gasteiger partial charge in [0.15, 0.2) is 0 Å². The van der Waals surface area contributed by atoms with Crippen molar-refractivity contribution in [2.24, 2.45) is 16.4 Å². The molecule has 1 aliphatic carbocycles. The van der Waals surface area contributed by atoms with Crippen molar-refractivity contribution in [3.8, 4) is 0 Å². The number of alkyl halides is 6. The number of amides is 2. The van der Waals surface area contributed by atoms with Crippen molar-refractivity contribution < 1.29 is 40.7 Å². The predicted octanol–water partition coefficient (Wildman–Crippen LogP) is 6.16. The van der Waals surface area contributed by atoms with Gasteiger partial charge in [-0.2, -0.15) is 26.3 Å². The van der Waals surface area contributed by atoms with E-state index in [1.165, 1.54) is 11.0 Å². The van der Waals surface area contributed by atoms with Gasteiger partial charge in [0, 0.05) is 43.3 Å². The Morgan fingerprint density at radius 2 is 1.80 bits per heavy atom. The van der Waals surface area contributed by atoms with Crippen LogP contribution in [0.2, 0.25) is 0 Å². The zero-order valence-corrected chi connectivity index (χ0v) is 22.1. The number of ether oxygens (including phenoxy) is 1. The lowest BCUT2D eigenvalue weighted by Gasteiger charge is -2.43. The summed E-state index contributed by atoms with van der Waals surface area (Å²) in [6, 6.07) is 0.636. The maximum Gasteiger partial charge on any atom is 0.471 e. The van der Waals surface area contributed by atoms with E-state index in [1.54, 1.807) is 13.8 Å². The molecule has 0 bridgehead atoms. The van der Waals surface area contributed by atoms with Crippen molar-refractivity contribution >= 4 is 11.8 Å². The van der Waals surface area contributed by atoms with Crippen molar-refractivity contribution in [2.45, 2.75) is 83.0 Å². The summed E-state index contributed by atoms with van der Waals surface area (Å²) in [5, 5.41) is 3.71. The summed E-state index contributed by atoms with van der Waals surface area (Å²) in [5.74, 6) is -2.72. The lowest BCUT2D eigenvalue weighted by Crippen LogP contribution is -2.54. The van der Waals surface area contributed by atoms with Crippen LogP contribution in [-0.2, 0) is 27.0 Å². The zero-order chi connectivity index (χ0) is 29.5.